The number of anilines is 1. The van der Waals surface area contributed by atoms with Gasteiger partial charge in [0.1, 0.15) is 11.8 Å². The number of aromatic amines is 1. The van der Waals surface area contributed by atoms with Crippen LogP contribution >= 0.6 is 0 Å². The maximum atomic E-state index is 12.7. The first kappa shape index (κ1) is 21.8. The van der Waals surface area contributed by atoms with E-state index in [0.29, 0.717) is 5.41 Å². The maximum Gasteiger partial charge on any atom is 0.291 e. The first-order valence-electron chi connectivity index (χ1n) is 11.0. The number of aryl methyl sites for hydroxylation is 1. The van der Waals surface area contributed by atoms with Crippen LogP contribution in [0.5, 0.6) is 0 Å². The van der Waals surface area contributed by atoms with Gasteiger partial charge in [0.2, 0.25) is 0 Å². The smallest absolute Gasteiger partial charge is 0.291 e. The predicted molar refractivity (Wildman–Crippen MR) is 121 cm³/mol. The summed E-state index contributed by atoms with van der Waals surface area (Å²) in [6.07, 6.45) is 12.9. The minimum Gasteiger partial charge on any atom is -0.326 e. The SMILES string of the molecule is CCCCCCc1ccc(NC(=O)c2ncc(C#N)[nH]2)c(C2=CCC(C)(C)CC2)c1. The highest BCUT2D eigenvalue weighted by atomic mass is 16.2. The van der Waals surface area contributed by atoms with E-state index in [1.807, 2.05) is 12.1 Å². The summed E-state index contributed by atoms with van der Waals surface area (Å²) < 4.78 is 0. The topological polar surface area (TPSA) is 81.6 Å². The molecule has 0 saturated heterocycles. The summed E-state index contributed by atoms with van der Waals surface area (Å²) in [6.45, 7) is 6.83. The van der Waals surface area contributed by atoms with Gasteiger partial charge in [-0.15, -0.1) is 0 Å². The average molecular weight is 405 g/mol. The third-order valence-electron chi connectivity index (χ3n) is 5.88. The quantitative estimate of drug-likeness (QED) is 0.510. The lowest BCUT2D eigenvalue weighted by atomic mass is 9.76. The summed E-state index contributed by atoms with van der Waals surface area (Å²) in [4.78, 5) is 19.4. The Morgan fingerprint density at radius 1 is 1.30 bits per heavy atom. The van der Waals surface area contributed by atoms with Crippen LogP contribution in [-0.2, 0) is 6.42 Å². The third kappa shape index (κ3) is 5.60. The van der Waals surface area contributed by atoms with Crippen molar-refractivity contribution in [3.05, 3.63) is 53.1 Å². The molecule has 1 aliphatic carbocycles. The molecule has 3 rings (SSSR count). The molecule has 2 N–H and O–H groups in total. The lowest BCUT2D eigenvalue weighted by Crippen LogP contribution is -2.17. The Bertz CT molecular complexity index is 962. The Kier molecular flexibility index (Phi) is 7.10. The van der Waals surface area contributed by atoms with E-state index in [4.69, 9.17) is 5.26 Å². The lowest BCUT2D eigenvalue weighted by molar-refractivity contribution is 0.101. The lowest BCUT2D eigenvalue weighted by Gasteiger charge is -2.29. The Balaban J connectivity index is 1.84. The van der Waals surface area contributed by atoms with E-state index in [2.05, 4.69) is 54.3 Å². The van der Waals surface area contributed by atoms with E-state index in [-0.39, 0.29) is 17.4 Å². The van der Waals surface area contributed by atoms with Crippen molar-refractivity contribution >= 4 is 17.2 Å². The van der Waals surface area contributed by atoms with Gasteiger partial charge in [-0.3, -0.25) is 4.79 Å². The van der Waals surface area contributed by atoms with Crippen molar-refractivity contribution in [3.63, 3.8) is 0 Å². The van der Waals surface area contributed by atoms with Crippen LogP contribution in [0.3, 0.4) is 0 Å². The van der Waals surface area contributed by atoms with Crippen LogP contribution in [0.2, 0.25) is 0 Å². The molecule has 0 bridgehead atoms. The molecule has 0 aliphatic heterocycles. The largest absolute Gasteiger partial charge is 0.326 e. The van der Waals surface area contributed by atoms with Crippen molar-refractivity contribution in [2.45, 2.75) is 72.1 Å². The fourth-order valence-corrected chi connectivity index (χ4v) is 3.87. The summed E-state index contributed by atoms with van der Waals surface area (Å²) >= 11 is 0. The second-order valence-electron chi connectivity index (χ2n) is 9.00. The van der Waals surface area contributed by atoms with Gasteiger partial charge in [-0.05, 0) is 60.8 Å². The molecule has 0 fully saturated rings. The molecule has 158 valence electrons. The summed E-state index contributed by atoms with van der Waals surface area (Å²) in [6, 6.07) is 8.33. The van der Waals surface area contributed by atoms with E-state index in [1.54, 1.807) is 0 Å². The molecule has 2 aromatic rings. The molecule has 5 heteroatoms. The molecule has 5 nitrogen and oxygen atoms in total. The zero-order valence-corrected chi connectivity index (χ0v) is 18.3. The molecule has 30 heavy (non-hydrogen) atoms. The summed E-state index contributed by atoms with van der Waals surface area (Å²) in [5, 5.41) is 12.0. The second-order valence-corrected chi connectivity index (χ2v) is 9.00. The van der Waals surface area contributed by atoms with Gasteiger partial charge in [-0.25, -0.2) is 4.98 Å². The zero-order chi connectivity index (χ0) is 21.6. The van der Waals surface area contributed by atoms with Crippen LogP contribution in [0, 0.1) is 16.7 Å². The molecular formula is C25H32N4O. The Hall–Kier alpha value is -2.87. The molecule has 0 unspecified atom stereocenters. The monoisotopic (exact) mass is 404 g/mol. The number of imidazole rings is 1. The highest BCUT2D eigenvalue weighted by Crippen LogP contribution is 2.40. The van der Waals surface area contributed by atoms with Gasteiger partial charge in [-0.1, -0.05) is 52.2 Å². The number of hydrogen-bond acceptors (Lipinski definition) is 3. The third-order valence-corrected chi connectivity index (χ3v) is 5.88. The molecule has 1 aromatic heterocycles. The number of carbonyl (C=O) groups excluding carboxylic acids is 1. The fraction of sp³-hybridized carbons (Fsp3) is 0.480. The molecule has 0 spiro atoms. The van der Waals surface area contributed by atoms with Gasteiger partial charge < -0.3 is 10.3 Å². The van der Waals surface area contributed by atoms with Crippen LogP contribution in [0.15, 0.2) is 30.5 Å². The molecule has 1 aromatic carbocycles. The van der Waals surface area contributed by atoms with E-state index in [0.717, 1.165) is 36.9 Å². The number of amides is 1. The standard InChI is InChI=1S/C25H32N4O/c1-4-5-6-7-8-18-9-10-22(29-24(30)23-27-17-20(16-26)28-23)21(15-18)19-11-13-25(2,3)14-12-19/h9-11,15,17H,4-8,12-14H2,1-3H3,(H,27,28)(H,29,30). The van der Waals surface area contributed by atoms with Gasteiger partial charge in [0.05, 0.1) is 6.20 Å². The number of benzene rings is 1. The van der Waals surface area contributed by atoms with Crippen molar-refractivity contribution < 1.29 is 4.79 Å². The van der Waals surface area contributed by atoms with E-state index in [9.17, 15) is 4.79 Å². The first-order valence-corrected chi connectivity index (χ1v) is 11.0. The van der Waals surface area contributed by atoms with Crippen molar-refractivity contribution in [1.29, 1.82) is 5.26 Å². The number of rotatable bonds is 8. The minimum absolute atomic E-state index is 0.153. The molecule has 1 aliphatic rings. The van der Waals surface area contributed by atoms with Crippen LogP contribution in [0.4, 0.5) is 5.69 Å². The normalized spacial score (nSPS) is 15.3. The summed E-state index contributed by atoms with van der Waals surface area (Å²) in [7, 11) is 0. The maximum absolute atomic E-state index is 12.7. The summed E-state index contributed by atoms with van der Waals surface area (Å²) in [5.41, 5.74) is 5.14. The number of carbonyl (C=O) groups is 1. The Labute approximate surface area is 179 Å². The highest BCUT2D eigenvalue weighted by Gasteiger charge is 2.24. The molecule has 0 atom stereocenters. The van der Waals surface area contributed by atoms with Crippen LogP contribution in [-0.4, -0.2) is 15.9 Å². The van der Waals surface area contributed by atoms with E-state index < -0.39 is 0 Å². The summed E-state index contributed by atoms with van der Waals surface area (Å²) in [5.74, 6) is -0.176. The zero-order valence-electron chi connectivity index (χ0n) is 18.3. The number of nitrogens with one attached hydrogen (secondary N) is 2. The minimum atomic E-state index is -0.329. The van der Waals surface area contributed by atoms with Crippen LogP contribution < -0.4 is 5.32 Å². The van der Waals surface area contributed by atoms with E-state index >= 15 is 0 Å². The number of aromatic nitrogens is 2. The van der Waals surface area contributed by atoms with Crippen molar-refractivity contribution in [1.82, 2.24) is 9.97 Å². The number of H-pyrrole nitrogens is 1. The molecule has 0 radical (unpaired) electrons. The molecule has 1 heterocycles. The number of nitriles is 1. The fourth-order valence-electron chi connectivity index (χ4n) is 3.87. The number of allylic oxidation sites excluding steroid dienone is 2. The van der Waals surface area contributed by atoms with E-state index in [1.165, 1.54) is 43.0 Å². The predicted octanol–water partition coefficient (Wildman–Crippen LogP) is 6.25. The average Bonchev–Trinajstić information content (AvgIpc) is 3.22. The van der Waals surface area contributed by atoms with Crippen LogP contribution in [0.1, 0.15) is 93.2 Å². The molecule has 0 saturated carbocycles. The molecule has 1 amide bonds. The number of unbranched alkanes of at least 4 members (excludes halogenated alkanes) is 3. The Morgan fingerprint density at radius 2 is 2.13 bits per heavy atom. The first-order chi connectivity index (χ1) is 14.4. The van der Waals surface area contributed by atoms with Crippen molar-refractivity contribution in [2.24, 2.45) is 5.41 Å². The van der Waals surface area contributed by atoms with Gasteiger partial charge in [0, 0.05) is 11.3 Å². The van der Waals surface area contributed by atoms with Gasteiger partial charge in [-0.2, -0.15) is 5.26 Å². The van der Waals surface area contributed by atoms with Gasteiger partial charge in [0.15, 0.2) is 5.82 Å². The van der Waals surface area contributed by atoms with Crippen LogP contribution in [0.25, 0.3) is 5.57 Å². The van der Waals surface area contributed by atoms with Crippen molar-refractivity contribution in [2.75, 3.05) is 5.32 Å². The van der Waals surface area contributed by atoms with Gasteiger partial charge >= 0.3 is 0 Å². The number of nitrogens with zero attached hydrogens (tertiary/aromatic N) is 2. The van der Waals surface area contributed by atoms with Crippen molar-refractivity contribution in [3.8, 4) is 6.07 Å². The second kappa shape index (κ2) is 9.75. The number of hydrogen-bond donors (Lipinski definition) is 2. The van der Waals surface area contributed by atoms with Gasteiger partial charge in [0.25, 0.3) is 5.91 Å². The Morgan fingerprint density at radius 3 is 2.80 bits per heavy atom. The molecular weight excluding hydrogens is 372 g/mol. The highest BCUT2D eigenvalue weighted by molar-refractivity contribution is 6.03.